The number of phenolic OH excluding ortho intramolecular Hbond substituents is 2. The van der Waals surface area contributed by atoms with E-state index >= 15 is 0 Å². The smallest absolute Gasteiger partial charge is 0.259 e. The minimum Gasteiger partial charge on any atom is -0.508 e. The van der Waals surface area contributed by atoms with Crippen molar-refractivity contribution in [2.24, 2.45) is 0 Å². The fraction of sp³-hybridized carbons (Fsp3) is 0.179. The third kappa shape index (κ3) is 3.50. The standard InChI is InChI=1S/C28H23NO8/c1-13(30)22-18(32)11-21-28(2,26(22)34)24-19(33)10-20(36-3)23(25(24)37-21)27(35)29-12-15-9-16(31)8-14-6-4-5-7-17(14)15/h4-11,31-33H,12H2,1-3H3,(H,29,35)/t28-/m1/s1. The molecule has 5 rings (SSSR count). The molecule has 0 radical (unpaired) electrons. The fourth-order valence-corrected chi connectivity index (χ4v) is 5.00. The maximum atomic E-state index is 13.5. The zero-order chi connectivity index (χ0) is 26.6. The first-order chi connectivity index (χ1) is 17.6. The molecule has 188 valence electrons. The zero-order valence-electron chi connectivity index (χ0n) is 20.2. The van der Waals surface area contributed by atoms with E-state index < -0.39 is 34.2 Å². The number of benzene rings is 3. The molecule has 1 atom stereocenters. The van der Waals surface area contributed by atoms with Crippen LogP contribution in [0.4, 0.5) is 0 Å². The van der Waals surface area contributed by atoms with Crippen molar-refractivity contribution >= 4 is 28.2 Å². The third-order valence-electron chi connectivity index (χ3n) is 6.81. The van der Waals surface area contributed by atoms with Crippen molar-refractivity contribution in [2.75, 3.05) is 7.11 Å². The number of ether oxygens (including phenoxy) is 2. The number of hydrogen-bond acceptors (Lipinski definition) is 8. The number of nitrogens with one attached hydrogen (secondary N) is 1. The Morgan fingerprint density at radius 3 is 2.54 bits per heavy atom. The van der Waals surface area contributed by atoms with Crippen LogP contribution in [0.1, 0.15) is 35.3 Å². The summed E-state index contributed by atoms with van der Waals surface area (Å²) < 4.78 is 11.2. The summed E-state index contributed by atoms with van der Waals surface area (Å²) in [6, 6.07) is 11.8. The van der Waals surface area contributed by atoms with Gasteiger partial charge in [0, 0.05) is 18.7 Å². The van der Waals surface area contributed by atoms with Crippen molar-refractivity contribution in [1.82, 2.24) is 5.32 Å². The van der Waals surface area contributed by atoms with Gasteiger partial charge in [0.1, 0.15) is 45.3 Å². The molecule has 0 spiro atoms. The molecule has 37 heavy (non-hydrogen) atoms. The molecule has 1 heterocycles. The number of Topliss-reactive ketones (excluding diaryl/α,β-unsaturated/α-hetero) is 2. The Labute approximate surface area is 211 Å². The number of amides is 1. The molecule has 0 saturated carbocycles. The molecule has 0 bridgehead atoms. The second-order valence-electron chi connectivity index (χ2n) is 9.07. The molecular formula is C28H23NO8. The van der Waals surface area contributed by atoms with Gasteiger partial charge in [0.2, 0.25) is 0 Å². The monoisotopic (exact) mass is 501 g/mol. The molecule has 9 nitrogen and oxygen atoms in total. The number of carbonyl (C=O) groups is 3. The van der Waals surface area contributed by atoms with Crippen LogP contribution < -0.4 is 14.8 Å². The first kappa shape index (κ1) is 23.9. The van der Waals surface area contributed by atoms with Crippen LogP contribution in [-0.4, -0.2) is 39.9 Å². The van der Waals surface area contributed by atoms with E-state index in [0.717, 1.165) is 23.8 Å². The van der Waals surface area contributed by atoms with Crippen molar-refractivity contribution in [3.8, 4) is 23.0 Å². The van der Waals surface area contributed by atoms with Gasteiger partial charge in [-0.3, -0.25) is 14.4 Å². The van der Waals surface area contributed by atoms with Crippen LogP contribution in [0.2, 0.25) is 0 Å². The molecule has 3 aromatic carbocycles. The van der Waals surface area contributed by atoms with Crippen LogP contribution in [0.5, 0.6) is 23.0 Å². The van der Waals surface area contributed by atoms with E-state index in [1.165, 1.54) is 20.1 Å². The quantitative estimate of drug-likeness (QED) is 0.388. The number of fused-ring (bicyclic) bond motifs is 4. The van der Waals surface area contributed by atoms with Crippen molar-refractivity contribution < 1.29 is 39.2 Å². The Kier molecular flexibility index (Phi) is 5.44. The van der Waals surface area contributed by atoms with Gasteiger partial charge in [-0.25, -0.2) is 0 Å². The van der Waals surface area contributed by atoms with E-state index in [4.69, 9.17) is 9.47 Å². The lowest BCUT2D eigenvalue weighted by Gasteiger charge is -2.27. The molecule has 0 unspecified atom stereocenters. The van der Waals surface area contributed by atoms with Crippen molar-refractivity contribution in [3.05, 3.63) is 82.3 Å². The first-order valence-electron chi connectivity index (χ1n) is 11.4. The molecule has 0 aromatic heterocycles. The molecular weight excluding hydrogens is 478 g/mol. The Morgan fingerprint density at radius 1 is 1.11 bits per heavy atom. The summed E-state index contributed by atoms with van der Waals surface area (Å²) in [7, 11) is 1.32. The zero-order valence-corrected chi connectivity index (χ0v) is 20.2. The summed E-state index contributed by atoms with van der Waals surface area (Å²) in [5.41, 5.74) is -1.48. The molecule has 0 fully saturated rings. The molecule has 0 saturated heterocycles. The Morgan fingerprint density at radius 2 is 1.84 bits per heavy atom. The topological polar surface area (TPSA) is 142 Å². The van der Waals surface area contributed by atoms with Gasteiger partial charge in [-0.2, -0.15) is 0 Å². The predicted molar refractivity (Wildman–Crippen MR) is 133 cm³/mol. The lowest BCUT2D eigenvalue weighted by Crippen LogP contribution is -2.38. The number of hydrogen-bond donors (Lipinski definition) is 4. The van der Waals surface area contributed by atoms with E-state index in [1.54, 1.807) is 12.1 Å². The highest BCUT2D eigenvalue weighted by Gasteiger charge is 2.55. The normalized spacial score (nSPS) is 18.1. The molecule has 1 aliphatic heterocycles. The van der Waals surface area contributed by atoms with Crippen LogP contribution >= 0.6 is 0 Å². The summed E-state index contributed by atoms with van der Waals surface area (Å²) in [5, 5.41) is 35.7. The van der Waals surface area contributed by atoms with Crippen molar-refractivity contribution in [1.29, 1.82) is 0 Å². The first-order valence-corrected chi connectivity index (χ1v) is 11.4. The lowest BCUT2D eigenvalue weighted by atomic mass is 9.71. The van der Waals surface area contributed by atoms with E-state index in [1.807, 2.05) is 24.3 Å². The highest BCUT2D eigenvalue weighted by atomic mass is 16.5. The highest BCUT2D eigenvalue weighted by Crippen LogP contribution is 2.56. The summed E-state index contributed by atoms with van der Waals surface area (Å²) in [6.07, 6.45) is 1.14. The average Bonchev–Trinajstić information content (AvgIpc) is 3.15. The summed E-state index contributed by atoms with van der Waals surface area (Å²) in [4.78, 5) is 38.9. The van der Waals surface area contributed by atoms with E-state index in [-0.39, 0.29) is 46.4 Å². The maximum Gasteiger partial charge on any atom is 0.259 e. The molecule has 1 aliphatic carbocycles. The molecule has 9 heteroatoms. The highest BCUT2D eigenvalue weighted by molar-refractivity contribution is 6.25. The number of rotatable bonds is 5. The minimum atomic E-state index is -1.64. The number of allylic oxidation sites excluding steroid dienone is 3. The van der Waals surface area contributed by atoms with Gasteiger partial charge < -0.3 is 30.1 Å². The Balaban J connectivity index is 1.58. The third-order valence-corrected chi connectivity index (χ3v) is 6.81. The predicted octanol–water partition coefficient (Wildman–Crippen LogP) is 3.71. The van der Waals surface area contributed by atoms with Gasteiger partial charge in [0.15, 0.2) is 17.3 Å². The average molecular weight is 501 g/mol. The van der Waals surface area contributed by atoms with Crippen molar-refractivity contribution in [2.45, 2.75) is 25.8 Å². The lowest BCUT2D eigenvalue weighted by molar-refractivity contribution is -0.123. The summed E-state index contributed by atoms with van der Waals surface area (Å²) in [6.45, 7) is 2.65. The Bertz CT molecular complexity index is 1600. The number of carbonyl (C=O) groups excluding carboxylic acids is 3. The number of phenols is 2. The van der Waals surface area contributed by atoms with E-state index in [0.29, 0.717) is 5.56 Å². The van der Waals surface area contributed by atoms with Gasteiger partial charge in [0.05, 0.1) is 12.7 Å². The Hall–Kier alpha value is -4.79. The number of methoxy groups -OCH3 is 1. The van der Waals surface area contributed by atoms with Gasteiger partial charge >= 0.3 is 0 Å². The number of ketones is 2. The van der Waals surface area contributed by atoms with E-state index in [2.05, 4.69) is 5.32 Å². The van der Waals surface area contributed by atoms with Crippen LogP contribution in [0.3, 0.4) is 0 Å². The second-order valence-corrected chi connectivity index (χ2v) is 9.07. The number of aliphatic hydroxyl groups excluding tert-OH is 1. The SMILES string of the molecule is COc1cc(O)c2c(c1C(=O)NCc1cc(O)cc3ccccc13)OC1=CC(O)=C(C(C)=O)C(=O)[C@]12C. The number of aliphatic hydroxyl groups is 1. The molecule has 3 aromatic rings. The van der Waals surface area contributed by atoms with Gasteiger partial charge in [-0.1, -0.05) is 24.3 Å². The van der Waals surface area contributed by atoms with Gasteiger partial charge in [-0.15, -0.1) is 0 Å². The molecule has 4 N–H and O–H groups in total. The minimum absolute atomic E-state index is 0.00575. The van der Waals surface area contributed by atoms with Crippen LogP contribution in [0.25, 0.3) is 10.8 Å². The molecule has 1 amide bonds. The van der Waals surface area contributed by atoms with Crippen molar-refractivity contribution in [3.63, 3.8) is 0 Å². The summed E-state index contributed by atoms with van der Waals surface area (Å²) in [5.74, 6) is -3.05. The van der Waals surface area contributed by atoms with Crippen LogP contribution in [0, 0.1) is 0 Å². The van der Waals surface area contributed by atoms with Crippen LogP contribution in [-0.2, 0) is 21.5 Å². The van der Waals surface area contributed by atoms with Gasteiger partial charge in [-0.05, 0) is 42.3 Å². The fourth-order valence-electron chi connectivity index (χ4n) is 5.00. The molecule has 2 aliphatic rings. The van der Waals surface area contributed by atoms with Gasteiger partial charge in [0.25, 0.3) is 5.91 Å². The van der Waals surface area contributed by atoms with E-state index in [9.17, 15) is 29.7 Å². The second kappa shape index (κ2) is 8.41. The summed E-state index contributed by atoms with van der Waals surface area (Å²) >= 11 is 0. The van der Waals surface area contributed by atoms with Crippen LogP contribution in [0.15, 0.2) is 65.6 Å². The number of aromatic hydroxyl groups is 2. The largest absolute Gasteiger partial charge is 0.508 e. The maximum absolute atomic E-state index is 13.5.